The molecule has 0 unspecified atom stereocenters. The number of amides is 1. The van der Waals surface area contributed by atoms with Crippen LogP contribution >= 0.6 is 11.6 Å². The van der Waals surface area contributed by atoms with Gasteiger partial charge in [0.1, 0.15) is 12.4 Å². The Morgan fingerprint density at radius 2 is 1.62 bits per heavy atom. The molecule has 5 nitrogen and oxygen atoms in total. The summed E-state index contributed by atoms with van der Waals surface area (Å²) in [5, 5.41) is 1.89. The number of benzene rings is 3. The molecule has 0 aliphatic heterocycles. The monoisotopic (exact) mass is 514 g/mol. The first-order chi connectivity index (χ1) is 15.9. The lowest BCUT2D eigenvalue weighted by molar-refractivity contribution is -0.137. The van der Waals surface area contributed by atoms with E-state index in [4.69, 9.17) is 11.6 Å². The van der Waals surface area contributed by atoms with Crippen LogP contribution in [0.5, 0.6) is 0 Å². The van der Waals surface area contributed by atoms with Gasteiger partial charge in [0.2, 0.25) is 5.91 Å². The van der Waals surface area contributed by atoms with Crippen molar-refractivity contribution in [2.75, 3.05) is 10.8 Å². The van der Waals surface area contributed by atoms with E-state index in [1.54, 1.807) is 6.92 Å². The van der Waals surface area contributed by atoms with Crippen LogP contribution in [0.2, 0.25) is 5.02 Å². The van der Waals surface area contributed by atoms with Crippen LogP contribution in [0.25, 0.3) is 0 Å². The van der Waals surface area contributed by atoms with Crippen LogP contribution in [0.1, 0.15) is 16.7 Å². The van der Waals surface area contributed by atoms with Gasteiger partial charge in [0.05, 0.1) is 21.2 Å². The van der Waals surface area contributed by atoms with E-state index in [1.807, 2.05) is 0 Å². The van der Waals surface area contributed by atoms with Gasteiger partial charge in [0.15, 0.2) is 0 Å². The number of sulfonamides is 1. The molecule has 180 valence electrons. The quantitative estimate of drug-likeness (QED) is 0.434. The Hall–Kier alpha value is -3.11. The van der Waals surface area contributed by atoms with Gasteiger partial charge in [-0.15, -0.1) is 0 Å². The Morgan fingerprint density at radius 3 is 2.21 bits per heavy atom. The Morgan fingerprint density at radius 1 is 1.00 bits per heavy atom. The van der Waals surface area contributed by atoms with Gasteiger partial charge in [0.25, 0.3) is 10.0 Å². The van der Waals surface area contributed by atoms with E-state index in [0.717, 1.165) is 17.7 Å². The molecule has 11 heteroatoms. The van der Waals surface area contributed by atoms with E-state index >= 15 is 0 Å². The maximum absolute atomic E-state index is 13.4. The van der Waals surface area contributed by atoms with Crippen LogP contribution in [0, 0.1) is 12.7 Å². The molecule has 0 saturated carbocycles. The van der Waals surface area contributed by atoms with Crippen molar-refractivity contribution in [3.8, 4) is 0 Å². The number of halogens is 5. The van der Waals surface area contributed by atoms with E-state index < -0.39 is 45.1 Å². The van der Waals surface area contributed by atoms with Gasteiger partial charge in [-0.1, -0.05) is 41.4 Å². The molecule has 0 atom stereocenters. The van der Waals surface area contributed by atoms with Gasteiger partial charge in [-0.2, -0.15) is 13.2 Å². The molecule has 0 aliphatic rings. The van der Waals surface area contributed by atoms with Crippen LogP contribution in [0.3, 0.4) is 0 Å². The molecular formula is C23H19ClF4N2O3S. The normalized spacial score (nSPS) is 11.8. The zero-order valence-corrected chi connectivity index (χ0v) is 19.3. The van der Waals surface area contributed by atoms with Gasteiger partial charge in [-0.3, -0.25) is 9.10 Å². The number of rotatable bonds is 7. The third-order valence-corrected chi connectivity index (χ3v) is 6.96. The molecule has 34 heavy (non-hydrogen) atoms. The van der Waals surface area contributed by atoms with Crippen LogP contribution in [-0.4, -0.2) is 20.9 Å². The SMILES string of the molecule is Cc1ccc(S(=O)(=O)N(CC(=O)NCc2ccc(F)cc2)c2ccc(Cl)c(C(F)(F)F)c2)cc1. The first-order valence-corrected chi connectivity index (χ1v) is 11.7. The molecule has 0 bridgehead atoms. The highest BCUT2D eigenvalue weighted by molar-refractivity contribution is 7.92. The summed E-state index contributed by atoms with van der Waals surface area (Å²) in [6, 6.07) is 13.5. The summed E-state index contributed by atoms with van der Waals surface area (Å²) in [5.41, 5.74) is -0.293. The van der Waals surface area contributed by atoms with Crippen molar-refractivity contribution in [2.45, 2.75) is 24.5 Å². The predicted molar refractivity (Wildman–Crippen MR) is 120 cm³/mol. The van der Waals surface area contributed by atoms with Crippen molar-refractivity contribution < 1.29 is 30.8 Å². The molecule has 0 spiro atoms. The topological polar surface area (TPSA) is 66.5 Å². The number of nitrogens with one attached hydrogen (secondary N) is 1. The molecular weight excluding hydrogens is 496 g/mol. The summed E-state index contributed by atoms with van der Waals surface area (Å²) in [7, 11) is -4.42. The summed E-state index contributed by atoms with van der Waals surface area (Å²) in [6.07, 6.45) is -4.84. The Balaban J connectivity index is 1.96. The molecule has 0 radical (unpaired) electrons. The van der Waals surface area contributed by atoms with E-state index in [9.17, 15) is 30.8 Å². The smallest absolute Gasteiger partial charge is 0.350 e. The fourth-order valence-corrected chi connectivity index (χ4v) is 4.66. The van der Waals surface area contributed by atoms with Crippen LogP contribution in [0.15, 0.2) is 71.6 Å². The second kappa shape index (κ2) is 10.0. The van der Waals surface area contributed by atoms with Gasteiger partial charge in [-0.25, -0.2) is 12.8 Å². The lowest BCUT2D eigenvalue weighted by Gasteiger charge is -2.25. The van der Waals surface area contributed by atoms with E-state index in [-0.39, 0.29) is 17.1 Å². The molecule has 1 amide bonds. The van der Waals surface area contributed by atoms with Crippen molar-refractivity contribution in [3.05, 3.63) is 94.3 Å². The van der Waals surface area contributed by atoms with Crippen LogP contribution in [0.4, 0.5) is 23.2 Å². The first-order valence-electron chi connectivity index (χ1n) is 9.85. The molecule has 3 rings (SSSR count). The number of carbonyl (C=O) groups is 1. The number of hydrogen-bond donors (Lipinski definition) is 1. The molecule has 0 fully saturated rings. The van der Waals surface area contributed by atoms with E-state index in [0.29, 0.717) is 15.9 Å². The number of alkyl halides is 3. The lowest BCUT2D eigenvalue weighted by Crippen LogP contribution is -2.40. The standard InChI is InChI=1S/C23H19ClF4N2O3S/c1-15-2-9-19(10-3-15)34(32,33)30(18-8-11-21(24)20(12-18)23(26,27)28)14-22(31)29-13-16-4-6-17(25)7-5-16/h2-12H,13-14H2,1H3,(H,29,31). The minimum atomic E-state index is -4.84. The van der Waals surface area contributed by atoms with Crippen molar-refractivity contribution in [2.24, 2.45) is 0 Å². The van der Waals surface area contributed by atoms with Crippen LogP contribution in [-0.2, 0) is 27.5 Å². The largest absolute Gasteiger partial charge is 0.417 e. The molecule has 0 heterocycles. The molecule has 1 N–H and O–H groups in total. The zero-order valence-electron chi connectivity index (χ0n) is 17.7. The summed E-state index contributed by atoms with van der Waals surface area (Å²) < 4.78 is 80.5. The fourth-order valence-electron chi connectivity index (χ4n) is 3.03. The van der Waals surface area contributed by atoms with E-state index in [2.05, 4.69) is 5.32 Å². The number of nitrogens with zero attached hydrogens (tertiary/aromatic N) is 1. The minimum Gasteiger partial charge on any atom is -0.350 e. The Kier molecular flexibility index (Phi) is 7.52. The fraction of sp³-hybridized carbons (Fsp3) is 0.174. The number of anilines is 1. The first kappa shape index (κ1) is 25.5. The van der Waals surface area contributed by atoms with Gasteiger partial charge in [0, 0.05) is 6.54 Å². The lowest BCUT2D eigenvalue weighted by atomic mass is 10.2. The third kappa shape index (κ3) is 6.06. The number of hydrogen-bond acceptors (Lipinski definition) is 3. The molecule has 3 aromatic rings. The molecule has 0 aliphatic carbocycles. The average Bonchev–Trinajstić information content (AvgIpc) is 2.77. The highest BCUT2D eigenvalue weighted by Gasteiger charge is 2.35. The zero-order chi connectivity index (χ0) is 25.1. The van der Waals surface area contributed by atoms with Crippen molar-refractivity contribution in [1.82, 2.24) is 5.32 Å². The summed E-state index contributed by atoms with van der Waals surface area (Å²) in [5.74, 6) is -1.24. The molecule has 0 saturated heterocycles. The van der Waals surface area contributed by atoms with Crippen molar-refractivity contribution in [3.63, 3.8) is 0 Å². The van der Waals surface area contributed by atoms with E-state index in [1.165, 1.54) is 48.5 Å². The van der Waals surface area contributed by atoms with Crippen molar-refractivity contribution >= 4 is 33.2 Å². The number of aryl methyl sites for hydroxylation is 1. The van der Waals surface area contributed by atoms with Crippen LogP contribution < -0.4 is 9.62 Å². The Labute approximate surface area is 199 Å². The summed E-state index contributed by atoms with van der Waals surface area (Å²) in [6.45, 7) is 0.911. The maximum Gasteiger partial charge on any atom is 0.417 e. The second-order valence-electron chi connectivity index (χ2n) is 7.39. The Bertz CT molecular complexity index is 1280. The average molecular weight is 515 g/mol. The highest BCUT2D eigenvalue weighted by atomic mass is 35.5. The van der Waals surface area contributed by atoms with Gasteiger partial charge >= 0.3 is 6.18 Å². The molecule has 0 aromatic heterocycles. The maximum atomic E-state index is 13.4. The van der Waals surface area contributed by atoms with Gasteiger partial charge in [-0.05, 0) is 55.0 Å². The minimum absolute atomic E-state index is 0.0358. The van der Waals surface area contributed by atoms with Crippen molar-refractivity contribution in [1.29, 1.82) is 0 Å². The predicted octanol–water partition coefficient (Wildman–Crippen LogP) is 5.32. The summed E-state index contributed by atoms with van der Waals surface area (Å²) in [4.78, 5) is 12.4. The summed E-state index contributed by atoms with van der Waals surface area (Å²) >= 11 is 5.67. The third-order valence-electron chi connectivity index (χ3n) is 4.84. The van der Waals surface area contributed by atoms with Gasteiger partial charge < -0.3 is 5.32 Å². The highest BCUT2D eigenvalue weighted by Crippen LogP contribution is 2.38. The number of carbonyl (C=O) groups excluding carboxylic acids is 1. The molecule has 3 aromatic carbocycles. The second-order valence-corrected chi connectivity index (χ2v) is 9.66.